The molecular formula is C18H22N2O3S. The maximum atomic E-state index is 13.1. The zero-order chi connectivity index (χ0) is 16.9. The maximum absolute atomic E-state index is 13.1. The number of hydrogen-bond acceptors (Lipinski definition) is 4. The van der Waals surface area contributed by atoms with Crippen LogP contribution >= 0.6 is 11.8 Å². The average Bonchev–Trinajstić information content (AvgIpc) is 3.26. The minimum absolute atomic E-state index is 0.0815. The molecule has 0 aromatic carbocycles. The van der Waals surface area contributed by atoms with Crippen molar-refractivity contribution in [3.63, 3.8) is 0 Å². The van der Waals surface area contributed by atoms with E-state index in [1.54, 1.807) is 18.0 Å². The summed E-state index contributed by atoms with van der Waals surface area (Å²) in [6.07, 6.45) is 3.92. The molecule has 0 saturated carbocycles. The van der Waals surface area contributed by atoms with Gasteiger partial charge in [-0.05, 0) is 38.8 Å². The van der Waals surface area contributed by atoms with Crippen LogP contribution in [0.3, 0.4) is 0 Å². The summed E-state index contributed by atoms with van der Waals surface area (Å²) in [6.45, 7) is 5.48. The Bertz CT molecular complexity index is 712. The fourth-order valence-corrected chi connectivity index (χ4v) is 5.42. The van der Waals surface area contributed by atoms with E-state index in [4.69, 9.17) is 4.42 Å². The van der Waals surface area contributed by atoms with Crippen LogP contribution in [0.1, 0.15) is 38.9 Å². The molecule has 1 aromatic heterocycles. The summed E-state index contributed by atoms with van der Waals surface area (Å²) in [5, 5.41) is 0. The van der Waals surface area contributed by atoms with Gasteiger partial charge in [-0.1, -0.05) is 5.57 Å². The molecule has 6 heteroatoms. The molecule has 0 aliphatic carbocycles. The number of carbonyl (C=O) groups is 2. The lowest BCUT2D eigenvalue weighted by molar-refractivity contribution is -0.143. The normalized spacial score (nSPS) is 30.2. The van der Waals surface area contributed by atoms with Crippen molar-refractivity contribution < 1.29 is 14.0 Å². The van der Waals surface area contributed by atoms with Crippen LogP contribution in [-0.2, 0) is 9.59 Å². The Balaban J connectivity index is 1.55. The van der Waals surface area contributed by atoms with Gasteiger partial charge in [-0.3, -0.25) is 9.59 Å². The van der Waals surface area contributed by atoms with E-state index in [0.29, 0.717) is 18.7 Å². The number of hydrogen-bond donors (Lipinski definition) is 0. The lowest BCUT2D eigenvalue weighted by Crippen LogP contribution is -2.52. The predicted molar refractivity (Wildman–Crippen MR) is 93.2 cm³/mol. The molecule has 2 unspecified atom stereocenters. The zero-order valence-corrected chi connectivity index (χ0v) is 14.9. The van der Waals surface area contributed by atoms with Gasteiger partial charge in [0.1, 0.15) is 11.8 Å². The van der Waals surface area contributed by atoms with E-state index < -0.39 is 0 Å². The fourth-order valence-electron chi connectivity index (χ4n) is 4.00. The minimum atomic E-state index is -0.314. The summed E-state index contributed by atoms with van der Waals surface area (Å²) in [6, 6.07) is 3.50. The Morgan fingerprint density at radius 2 is 2.25 bits per heavy atom. The number of furan rings is 1. The summed E-state index contributed by atoms with van der Waals surface area (Å²) in [5.74, 6) is 1.75. The molecule has 2 amide bonds. The molecule has 3 aliphatic rings. The third kappa shape index (κ3) is 2.39. The summed E-state index contributed by atoms with van der Waals surface area (Å²) in [7, 11) is 0. The maximum Gasteiger partial charge on any atom is 0.246 e. The first-order valence-electron chi connectivity index (χ1n) is 8.47. The highest BCUT2D eigenvalue weighted by atomic mass is 32.2. The molecular weight excluding hydrogens is 324 g/mol. The van der Waals surface area contributed by atoms with Crippen molar-refractivity contribution in [2.24, 2.45) is 0 Å². The number of carbonyl (C=O) groups excluding carboxylic acids is 2. The molecule has 0 spiro atoms. The molecule has 4 rings (SSSR count). The third-order valence-electron chi connectivity index (χ3n) is 5.48. The van der Waals surface area contributed by atoms with Crippen LogP contribution < -0.4 is 0 Å². The van der Waals surface area contributed by atoms with E-state index >= 15 is 0 Å². The first kappa shape index (κ1) is 15.8. The number of thioether (sulfide) groups is 1. The topological polar surface area (TPSA) is 53.8 Å². The fraction of sp³-hybridized carbons (Fsp3) is 0.556. The molecule has 2 saturated heterocycles. The van der Waals surface area contributed by atoms with Gasteiger partial charge in [-0.25, -0.2) is 0 Å². The van der Waals surface area contributed by atoms with Crippen LogP contribution in [0.4, 0.5) is 0 Å². The quantitative estimate of drug-likeness (QED) is 0.826. The van der Waals surface area contributed by atoms with Crippen LogP contribution in [0.5, 0.6) is 0 Å². The second kappa shape index (κ2) is 5.69. The van der Waals surface area contributed by atoms with Crippen molar-refractivity contribution in [3.8, 4) is 0 Å². The van der Waals surface area contributed by atoms with E-state index in [2.05, 4.69) is 13.8 Å². The predicted octanol–water partition coefficient (Wildman–Crippen LogP) is 2.74. The molecule has 2 atom stereocenters. The lowest BCUT2D eigenvalue weighted by atomic mass is 9.99. The van der Waals surface area contributed by atoms with E-state index in [9.17, 15) is 9.59 Å². The van der Waals surface area contributed by atoms with Gasteiger partial charge in [0.05, 0.1) is 11.1 Å². The molecule has 0 N–H and O–H groups in total. The average molecular weight is 346 g/mol. The number of nitrogens with zero attached hydrogens (tertiary/aromatic N) is 2. The Kier molecular flexibility index (Phi) is 3.75. The zero-order valence-electron chi connectivity index (χ0n) is 14.1. The summed E-state index contributed by atoms with van der Waals surface area (Å²) < 4.78 is 5.53. The van der Waals surface area contributed by atoms with Gasteiger partial charge in [0.15, 0.2) is 0 Å². The molecule has 3 aliphatic heterocycles. The van der Waals surface area contributed by atoms with Gasteiger partial charge in [0, 0.05) is 30.8 Å². The van der Waals surface area contributed by atoms with Crippen molar-refractivity contribution >= 4 is 29.1 Å². The van der Waals surface area contributed by atoms with Crippen molar-refractivity contribution in [1.82, 2.24) is 9.80 Å². The number of rotatable bonds is 2. The van der Waals surface area contributed by atoms with E-state index in [-0.39, 0.29) is 22.7 Å². The Labute approximate surface area is 146 Å². The smallest absolute Gasteiger partial charge is 0.246 e. The third-order valence-corrected chi connectivity index (χ3v) is 6.99. The highest BCUT2D eigenvalue weighted by Gasteiger charge is 2.53. The first-order chi connectivity index (χ1) is 11.5. The Hall–Kier alpha value is -1.69. The molecule has 0 bridgehead atoms. The molecule has 0 radical (unpaired) electrons. The summed E-state index contributed by atoms with van der Waals surface area (Å²) in [5.41, 5.74) is 2.37. The van der Waals surface area contributed by atoms with Crippen molar-refractivity contribution in [2.75, 3.05) is 18.8 Å². The SMILES string of the molecule is CC1=C(c2ccco2)CN(C(=O)C2CSC3(C)CCC(=O)N23)CC1. The molecule has 1 aromatic rings. The van der Waals surface area contributed by atoms with Crippen LogP contribution in [0.15, 0.2) is 28.4 Å². The van der Waals surface area contributed by atoms with Crippen LogP contribution in [0.2, 0.25) is 0 Å². The monoisotopic (exact) mass is 346 g/mol. The molecule has 128 valence electrons. The van der Waals surface area contributed by atoms with Gasteiger partial charge in [-0.15, -0.1) is 11.8 Å². The molecule has 24 heavy (non-hydrogen) atoms. The Morgan fingerprint density at radius 3 is 3.00 bits per heavy atom. The van der Waals surface area contributed by atoms with Crippen molar-refractivity contribution in [1.29, 1.82) is 0 Å². The van der Waals surface area contributed by atoms with Gasteiger partial charge < -0.3 is 14.2 Å². The van der Waals surface area contributed by atoms with Crippen LogP contribution in [-0.4, -0.2) is 51.4 Å². The van der Waals surface area contributed by atoms with Gasteiger partial charge in [-0.2, -0.15) is 0 Å². The summed E-state index contributed by atoms with van der Waals surface area (Å²) in [4.78, 5) is 28.9. The minimum Gasteiger partial charge on any atom is -0.465 e. The van der Waals surface area contributed by atoms with E-state index in [1.165, 1.54) is 5.57 Å². The van der Waals surface area contributed by atoms with E-state index in [0.717, 1.165) is 30.7 Å². The Morgan fingerprint density at radius 1 is 1.42 bits per heavy atom. The van der Waals surface area contributed by atoms with Crippen molar-refractivity contribution in [2.45, 2.75) is 44.0 Å². The number of fused-ring (bicyclic) bond motifs is 1. The second-order valence-electron chi connectivity index (χ2n) is 7.01. The molecule has 2 fully saturated rings. The second-order valence-corrected chi connectivity index (χ2v) is 8.51. The molecule has 4 heterocycles. The molecule has 5 nitrogen and oxygen atoms in total. The van der Waals surface area contributed by atoms with Gasteiger partial charge in [0.25, 0.3) is 0 Å². The largest absolute Gasteiger partial charge is 0.465 e. The lowest BCUT2D eigenvalue weighted by Gasteiger charge is -2.35. The summed E-state index contributed by atoms with van der Waals surface area (Å²) >= 11 is 1.75. The van der Waals surface area contributed by atoms with Crippen LogP contribution in [0.25, 0.3) is 5.57 Å². The number of amides is 2. The highest BCUT2D eigenvalue weighted by molar-refractivity contribution is 8.01. The van der Waals surface area contributed by atoms with Gasteiger partial charge in [0.2, 0.25) is 11.8 Å². The van der Waals surface area contributed by atoms with Crippen LogP contribution in [0, 0.1) is 0 Å². The standard InChI is InChI=1S/C18H22N2O3S/c1-12-6-8-19(10-13(12)15-4-3-9-23-15)17(22)14-11-24-18(2)7-5-16(21)20(14)18/h3-4,9,14H,5-8,10-11H2,1-2H3. The highest BCUT2D eigenvalue weighted by Crippen LogP contribution is 2.47. The first-order valence-corrected chi connectivity index (χ1v) is 9.45. The van der Waals surface area contributed by atoms with Gasteiger partial charge >= 0.3 is 0 Å². The van der Waals surface area contributed by atoms with E-state index in [1.807, 2.05) is 21.9 Å². The van der Waals surface area contributed by atoms with Crippen molar-refractivity contribution in [3.05, 3.63) is 29.7 Å².